The molecular formula is C18H32N2O. The highest BCUT2D eigenvalue weighted by Gasteiger charge is 2.16. The number of aliphatic hydroxyl groups is 1. The topological polar surface area (TPSA) is 58.3 Å². The molecule has 21 heavy (non-hydrogen) atoms. The van der Waals surface area contributed by atoms with E-state index in [1.807, 2.05) is 6.92 Å². The maximum absolute atomic E-state index is 9.13. The number of unbranched alkanes of at least 4 members (excludes halogenated alkanes) is 5. The number of aliphatic hydroxyl groups excluding tert-OH is 1. The van der Waals surface area contributed by atoms with E-state index < -0.39 is 5.54 Å². The zero-order chi connectivity index (χ0) is 15.6. The second-order valence-electron chi connectivity index (χ2n) is 6.38. The van der Waals surface area contributed by atoms with Crippen molar-refractivity contribution in [2.75, 3.05) is 18.5 Å². The minimum absolute atomic E-state index is 0.0177. The van der Waals surface area contributed by atoms with Gasteiger partial charge in [-0.1, -0.05) is 51.2 Å². The third-order valence-corrected chi connectivity index (χ3v) is 3.83. The molecule has 0 fully saturated rings. The third kappa shape index (κ3) is 8.08. The summed E-state index contributed by atoms with van der Waals surface area (Å²) in [6, 6.07) is 8.56. The normalized spacial score (nSPS) is 13.9. The number of nitrogens with one attached hydrogen (secondary N) is 1. The Morgan fingerprint density at radius 2 is 1.67 bits per heavy atom. The average molecular weight is 292 g/mol. The minimum atomic E-state index is -0.572. The van der Waals surface area contributed by atoms with E-state index in [0.29, 0.717) is 6.54 Å². The van der Waals surface area contributed by atoms with Gasteiger partial charge in [0.15, 0.2) is 0 Å². The fourth-order valence-electron chi connectivity index (χ4n) is 2.26. The smallest absolute Gasteiger partial charge is 0.0625 e. The average Bonchev–Trinajstić information content (AvgIpc) is 2.50. The summed E-state index contributed by atoms with van der Waals surface area (Å²) >= 11 is 0. The lowest BCUT2D eigenvalue weighted by Gasteiger charge is -2.22. The number of aryl methyl sites for hydroxylation is 1. The van der Waals surface area contributed by atoms with Gasteiger partial charge in [-0.3, -0.25) is 0 Å². The highest BCUT2D eigenvalue weighted by Crippen LogP contribution is 2.14. The zero-order valence-corrected chi connectivity index (χ0v) is 13.7. The number of hydrogen-bond donors (Lipinski definition) is 3. The molecule has 120 valence electrons. The first-order valence-corrected chi connectivity index (χ1v) is 8.30. The standard InChI is InChI=1S/C18H32N2O/c1-3-4-5-6-7-8-9-16-10-12-17(13-11-16)20-14-18(2,19)15-21/h10-13,20-21H,3-9,14-15,19H2,1-2H3/t18-/m1/s1. The van der Waals surface area contributed by atoms with Crippen molar-refractivity contribution in [2.24, 2.45) is 5.73 Å². The monoisotopic (exact) mass is 292 g/mol. The molecule has 1 aromatic rings. The lowest BCUT2D eigenvalue weighted by molar-refractivity contribution is 0.216. The Morgan fingerprint density at radius 3 is 2.29 bits per heavy atom. The van der Waals surface area contributed by atoms with Gasteiger partial charge in [0, 0.05) is 12.2 Å². The van der Waals surface area contributed by atoms with Gasteiger partial charge in [0.1, 0.15) is 0 Å². The predicted octanol–water partition coefficient (Wildman–Crippen LogP) is 3.71. The third-order valence-electron chi connectivity index (χ3n) is 3.83. The highest BCUT2D eigenvalue weighted by atomic mass is 16.3. The molecular weight excluding hydrogens is 260 g/mol. The summed E-state index contributed by atoms with van der Waals surface area (Å²) in [5, 5.41) is 12.4. The molecule has 0 aliphatic heterocycles. The Labute approximate surface area is 129 Å². The van der Waals surface area contributed by atoms with Crippen molar-refractivity contribution in [2.45, 2.75) is 64.3 Å². The summed E-state index contributed by atoms with van der Waals surface area (Å²) in [4.78, 5) is 0. The lowest BCUT2D eigenvalue weighted by atomic mass is 10.0. The number of nitrogens with two attached hydrogens (primary N) is 1. The van der Waals surface area contributed by atoms with Crippen molar-refractivity contribution in [1.82, 2.24) is 0 Å². The Balaban J connectivity index is 2.24. The fraction of sp³-hybridized carbons (Fsp3) is 0.667. The van der Waals surface area contributed by atoms with Crippen LogP contribution in [0.25, 0.3) is 0 Å². The van der Waals surface area contributed by atoms with Gasteiger partial charge in [0.05, 0.1) is 12.1 Å². The molecule has 0 amide bonds. The molecule has 0 aliphatic rings. The number of hydrogen-bond acceptors (Lipinski definition) is 3. The Bertz CT molecular complexity index is 373. The Hall–Kier alpha value is -1.06. The second kappa shape index (κ2) is 9.80. The van der Waals surface area contributed by atoms with Gasteiger partial charge in [0.2, 0.25) is 0 Å². The molecule has 1 aromatic carbocycles. The van der Waals surface area contributed by atoms with Crippen LogP contribution in [0, 0.1) is 0 Å². The van der Waals surface area contributed by atoms with E-state index in [2.05, 4.69) is 36.5 Å². The summed E-state index contributed by atoms with van der Waals surface area (Å²) in [6.07, 6.45) is 9.20. The first-order valence-electron chi connectivity index (χ1n) is 8.30. The van der Waals surface area contributed by atoms with Gasteiger partial charge in [-0.15, -0.1) is 0 Å². The van der Waals surface area contributed by atoms with Crippen molar-refractivity contribution < 1.29 is 5.11 Å². The molecule has 0 saturated heterocycles. The summed E-state index contributed by atoms with van der Waals surface area (Å²) in [5.41, 5.74) is 7.78. The summed E-state index contributed by atoms with van der Waals surface area (Å²) < 4.78 is 0. The highest BCUT2D eigenvalue weighted by molar-refractivity contribution is 5.45. The van der Waals surface area contributed by atoms with Crippen molar-refractivity contribution in [1.29, 1.82) is 0 Å². The molecule has 3 nitrogen and oxygen atoms in total. The van der Waals surface area contributed by atoms with Crippen molar-refractivity contribution >= 4 is 5.69 Å². The van der Waals surface area contributed by atoms with Crippen LogP contribution in [0.2, 0.25) is 0 Å². The zero-order valence-electron chi connectivity index (χ0n) is 13.7. The largest absolute Gasteiger partial charge is 0.394 e. The molecule has 1 atom stereocenters. The van der Waals surface area contributed by atoms with E-state index in [0.717, 1.165) is 12.1 Å². The van der Waals surface area contributed by atoms with E-state index in [9.17, 15) is 0 Å². The van der Waals surface area contributed by atoms with E-state index in [1.54, 1.807) is 0 Å². The number of benzene rings is 1. The van der Waals surface area contributed by atoms with E-state index >= 15 is 0 Å². The van der Waals surface area contributed by atoms with Crippen molar-refractivity contribution in [3.63, 3.8) is 0 Å². The van der Waals surface area contributed by atoms with Crippen LogP contribution in [-0.2, 0) is 6.42 Å². The first kappa shape index (κ1) is 18.0. The molecule has 0 saturated carbocycles. The maximum atomic E-state index is 9.13. The van der Waals surface area contributed by atoms with Gasteiger partial charge in [-0.05, 0) is 37.5 Å². The quantitative estimate of drug-likeness (QED) is 0.545. The van der Waals surface area contributed by atoms with Crippen molar-refractivity contribution in [3.8, 4) is 0 Å². The van der Waals surface area contributed by atoms with Crippen LogP contribution < -0.4 is 11.1 Å². The molecule has 4 N–H and O–H groups in total. The summed E-state index contributed by atoms with van der Waals surface area (Å²) in [7, 11) is 0. The molecule has 0 bridgehead atoms. The van der Waals surface area contributed by atoms with Crippen LogP contribution in [0.5, 0.6) is 0 Å². The molecule has 0 heterocycles. The van der Waals surface area contributed by atoms with E-state index in [4.69, 9.17) is 10.8 Å². The molecule has 0 unspecified atom stereocenters. The van der Waals surface area contributed by atoms with Gasteiger partial charge in [0.25, 0.3) is 0 Å². The maximum Gasteiger partial charge on any atom is 0.0625 e. The summed E-state index contributed by atoms with van der Waals surface area (Å²) in [5.74, 6) is 0. The minimum Gasteiger partial charge on any atom is -0.394 e. The van der Waals surface area contributed by atoms with E-state index in [1.165, 1.54) is 44.1 Å². The Morgan fingerprint density at radius 1 is 1.05 bits per heavy atom. The molecule has 0 radical (unpaired) electrons. The second-order valence-corrected chi connectivity index (χ2v) is 6.38. The van der Waals surface area contributed by atoms with Gasteiger partial charge in [-0.2, -0.15) is 0 Å². The van der Waals surface area contributed by atoms with Gasteiger partial charge < -0.3 is 16.2 Å². The van der Waals surface area contributed by atoms with Crippen LogP contribution >= 0.6 is 0 Å². The van der Waals surface area contributed by atoms with Crippen LogP contribution in [0.3, 0.4) is 0 Å². The number of anilines is 1. The van der Waals surface area contributed by atoms with Crippen LogP contribution in [0.1, 0.15) is 57.9 Å². The van der Waals surface area contributed by atoms with E-state index in [-0.39, 0.29) is 6.61 Å². The summed E-state index contributed by atoms with van der Waals surface area (Å²) in [6.45, 7) is 4.65. The molecule has 0 aliphatic carbocycles. The Kier molecular flexibility index (Phi) is 8.40. The predicted molar refractivity (Wildman–Crippen MR) is 91.7 cm³/mol. The van der Waals surface area contributed by atoms with Gasteiger partial charge >= 0.3 is 0 Å². The molecule has 0 aromatic heterocycles. The fourth-order valence-corrected chi connectivity index (χ4v) is 2.26. The first-order chi connectivity index (χ1) is 10.1. The van der Waals surface area contributed by atoms with Gasteiger partial charge in [-0.25, -0.2) is 0 Å². The molecule has 0 spiro atoms. The van der Waals surface area contributed by atoms with Crippen LogP contribution in [-0.4, -0.2) is 23.8 Å². The van der Waals surface area contributed by atoms with Crippen LogP contribution in [0.4, 0.5) is 5.69 Å². The molecule has 1 rings (SSSR count). The van der Waals surface area contributed by atoms with Crippen LogP contribution in [0.15, 0.2) is 24.3 Å². The SMILES string of the molecule is CCCCCCCCc1ccc(NC[C@@](C)(N)CO)cc1. The molecule has 3 heteroatoms. The number of rotatable bonds is 11. The lowest BCUT2D eigenvalue weighted by Crippen LogP contribution is -2.46. The van der Waals surface area contributed by atoms with Crippen molar-refractivity contribution in [3.05, 3.63) is 29.8 Å².